The van der Waals surface area contributed by atoms with E-state index in [1.54, 1.807) is 6.07 Å². The lowest BCUT2D eigenvalue weighted by Gasteiger charge is -2.27. The molecule has 0 radical (unpaired) electrons. The summed E-state index contributed by atoms with van der Waals surface area (Å²) in [5.74, 6) is 0.425. The first kappa shape index (κ1) is 18.3. The fraction of sp³-hybridized carbons (Fsp3) is 0.200. The van der Waals surface area contributed by atoms with Crippen LogP contribution in [0, 0.1) is 0 Å². The van der Waals surface area contributed by atoms with E-state index in [9.17, 15) is 14.7 Å². The minimum absolute atomic E-state index is 0.0805. The molecule has 1 aliphatic heterocycles. The molecule has 8 heteroatoms. The molecular formula is C20H18N2O5S. The first-order chi connectivity index (χ1) is 13.6. The number of aromatic amines is 1. The van der Waals surface area contributed by atoms with Crippen LogP contribution in [0.5, 0.6) is 11.6 Å². The van der Waals surface area contributed by atoms with Gasteiger partial charge in [-0.2, -0.15) is 0 Å². The number of ether oxygens (including phenoxy) is 1. The highest BCUT2D eigenvalue weighted by atomic mass is 32.1. The van der Waals surface area contributed by atoms with E-state index in [1.165, 1.54) is 5.06 Å². The van der Waals surface area contributed by atoms with E-state index in [1.807, 2.05) is 42.5 Å². The number of thiazole rings is 1. The van der Waals surface area contributed by atoms with Crippen LogP contribution in [-0.2, 0) is 17.9 Å². The van der Waals surface area contributed by atoms with Crippen molar-refractivity contribution in [3.05, 3.63) is 79.8 Å². The minimum atomic E-state index is -0.274. The van der Waals surface area contributed by atoms with E-state index < -0.39 is 0 Å². The Hall–Kier alpha value is -3.10. The van der Waals surface area contributed by atoms with Gasteiger partial charge < -0.3 is 9.84 Å². The highest BCUT2D eigenvalue weighted by Gasteiger charge is 2.24. The number of aromatic hydroxyl groups is 1. The van der Waals surface area contributed by atoms with Gasteiger partial charge in [0.2, 0.25) is 5.88 Å². The molecule has 0 aliphatic carbocycles. The molecule has 2 aromatic carbocycles. The van der Waals surface area contributed by atoms with Crippen LogP contribution in [0.3, 0.4) is 0 Å². The summed E-state index contributed by atoms with van der Waals surface area (Å²) in [6.45, 7) is 0.988. The standard InChI is InChI=1S/C20H18N2O5S/c23-18-17(28-20(25)21-18)11-13-5-7-15(8-6-13)26-10-9-22-19(24)16-4-2-1-3-14(16)12-27-22/h1-8,23H,9-12H2,(H,21,25). The Kier molecular flexibility index (Phi) is 5.14. The lowest BCUT2D eigenvalue weighted by Crippen LogP contribution is -2.38. The normalized spacial score (nSPS) is 13.4. The molecule has 0 fully saturated rings. The molecule has 28 heavy (non-hydrogen) atoms. The van der Waals surface area contributed by atoms with Crippen molar-refractivity contribution in [2.45, 2.75) is 13.0 Å². The van der Waals surface area contributed by atoms with Gasteiger partial charge in [-0.25, -0.2) is 5.06 Å². The number of benzene rings is 2. The van der Waals surface area contributed by atoms with E-state index in [2.05, 4.69) is 4.98 Å². The van der Waals surface area contributed by atoms with E-state index in [0.29, 0.717) is 42.4 Å². The molecule has 1 aromatic heterocycles. The van der Waals surface area contributed by atoms with Crippen LogP contribution < -0.4 is 9.61 Å². The van der Waals surface area contributed by atoms with Crippen LogP contribution in [0.1, 0.15) is 26.4 Å². The lowest BCUT2D eigenvalue weighted by atomic mass is 10.1. The van der Waals surface area contributed by atoms with Gasteiger partial charge in [0.15, 0.2) is 0 Å². The molecule has 0 unspecified atom stereocenters. The van der Waals surface area contributed by atoms with Crippen molar-refractivity contribution < 1.29 is 19.5 Å². The van der Waals surface area contributed by atoms with Crippen LogP contribution in [0.4, 0.5) is 0 Å². The monoisotopic (exact) mass is 398 g/mol. The number of hydrogen-bond donors (Lipinski definition) is 2. The third-order valence-corrected chi connectivity index (χ3v) is 5.27. The van der Waals surface area contributed by atoms with Gasteiger partial charge in [-0.1, -0.05) is 41.7 Å². The van der Waals surface area contributed by atoms with Crippen LogP contribution in [0.25, 0.3) is 0 Å². The van der Waals surface area contributed by atoms with Crippen LogP contribution in [0.2, 0.25) is 0 Å². The molecule has 0 atom stereocenters. The van der Waals surface area contributed by atoms with Gasteiger partial charge in [0.05, 0.1) is 11.4 Å². The molecule has 1 aliphatic rings. The topological polar surface area (TPSA) is 91.9 Å². The van der Waals surface area contributed by atoms with Gasteiger partial charge >= 0.3 is 4.87 Å². The number of H-pyrrole nitrogens is 1. The van der Waals surface area contributed by atoms with E-state index in [4.69, 9.17) is 9.57 Å². The molecule has 0 saturated heterocycles. The van der Waals surface area contributed by atoms with Gasteiger partial charge in [-0.3, -0.25) is 19.4 Å². The summed E-state index contributed by atoms with van der Waals surface area (Å²) in [5.41, 5.74) is 2.50. The maximum Gasteiger partial charge on any atom is 0.307 e. The number of fused-ring (bicyclic) bond motifs is 1. The van der Waals surface area contributed by atoms with Crippen LogP contribution in [0.15, 0.2) is 53.3 Å². The van der Waals surface area contributed by atoms with Crippen molar-refractivity contribution in [2.24, 2.45) is 0 Å². The number of nitrogens with zero attached hydrogens (tertiary/aromatic N) is 1. The molecule has 0 spiro atoms. The maximum atomic E-state index is 12.4. The summed E-state index contributed by atoms with van der Waals surface area (Å²) < 4.78 is 5.70. The third-order valence-electron chi connectivity index (χ3n) is 4.40. The Morgan fingerprint density at radius 2 is 1.93 bits per heavy atom. The van der Waals surface area contributed by atoms with Gasteiger partial charge in [0, 0.05) is 12.0 Å². The van der Waals surface area contributed by atoms with Crippen molar-refractivity contribution in [1.82, 2.24) is 10.0 Å². The second kappa shape index (κ2) is 7.87. The Labute approximate surface area is 164 Å². The second-order valence-electron chi connectivity index (χ2n) is 6.29. The molecular weight excluding hydrogens is 380 g/mol. The molecule has 7 nitrogen and oxygen atoms in total. The molecule has 0 saturated carbocycles. The molecule has 1 amide bonds. The average Bonchev–Trinajstić information content (AvgIpc) is 3.02. The number of amides is 1. The van der Waals surface area contributed by atoms with Gasteiger partial charge in [-0.15, -0.1) is 0 Å². The van der Waals surface area contributed by atoms with Gasteiger partial charge in [0.1, 0.15) is 19.0 Å². The molecule has 4 rings (SSSR count). The summed E-state index contributed by atoms with van der Waals surface area (Å²) in [4.78, 5) is 31.8. The van der Waals surface area contributed by atoms with Crippen LogP contribution in [-0.4, -0.2) is 34.2 Å². The predicted molar refractivity (Wildman–Crippen MR) is 104 cm³/mol. The predicted octanol–water partition coefficient (Wildman–Crippen LogP) is 2.70. The van der Waals surface area contributed by atoms with Crippen LogP contribution >= 0.6 is 11.3 Å². The fourth-order valence-corrected chi connectivity index (χ4v) is 3.73. The number of carbonyl (C=O) groups is 1. The summed E-state index contributed by atoms with van der Waals surface area (Å²) in [5, 5.41) is 11.0. The highest BCUT2D eigenvalue weighted by molar-refractivity contribution is 7.09. The van der Waals surface area contributed by atoms with E-state index >= 15 is 0 Å². The lowest BCUT2D eigenvalue weighted by molar-refractivity contribution is -0.143. The van der Waals surface area contributed by atoms with E-state index in [-0.39, 0.29) is 16.7 Å². The van der Waals surface area contributed by atoms with E-state index in [0.717, 1.165) is 22.5 Å². The zero-order valence-electron chi connectivity index (χ0n) is 14.9. The van der Waals surface area contributed by atoms with Crippen molar-refractivity contribution in [3.8, 4) is 11.6 Å². The fourth-order valence-electron chi connectivity index (χ4n) is 2.97. The van der Waals surface area contributed by atoms with Crippen molar-refractivity contribution in [1.29, 1.82) is 0 Å². The zero-order chi connectivity index (χ0) is 19.5. The smallest absolute Gasteiger partial charge is 0.307 e. The maximum absolute atomic E-state index is 12.4. The first-order valence-corrected chi connectivity index (χ1v) is 9.57. The summed E-state index contributed by atoms with van der Waals surface area (Å²) in [6.07, 6.45) is 0.463. The molecule has 3 aromatic rings. The first-order valence-electron chi connectivity index (χ1n) is 8.75. The summed E-state index contributed by atoms with van der Waals surface area (Å²) in [7, 11) is 0. The summed E-state index contributed by atoms with van der Waals surface area (Å²) >= 11 is 0.995. The number of nitrogens with one attached hydrogen (secondary N) is 1. The number of aromatic nitrogens is 1. The van der Waals surface area contributed by atoms with Gasteiger partial charge in [-0.05, 0) is 29.3 Å². The second-order valence-corrected chi connectivity index (χ2v) is 7.36. The van der Waals surface area contributed by atoms with Crippen molar-refractivity contribution >= 4 is 17.2 Å². The van der Waals surface area contributed by atoms with Crippen molar-refractivity contribution in [2.75, 3.05) is 13.2 Å². The Bertz CT molecular complexity index is 1040. The quantitative estimate of drug-likeness (QED) is 0.666. The Morgan fingerprint density at radius 1 is 1.14 bits per heavy atom. The largest absolute Gasteiger partial charge is 0.494 e. The Balaban J connectivity index is 1.30. The average molecular weight is 398 g/mol. The Morgan fingerprint density at radius 3 is 2.68 bits per heavy atom. The summed E-state index contributed by atoms with van der Waals surface area (Å²) in [6, 6.07) is 14.8. The SMILES string of the molecule is O=C1c2ccccc2CON1CCOc1ccc(Cc2sc(=O)[nH]c2O)cc1. The number of hydroxylamine groups is 2. The third kappa shape index (κ3) is 3.92. The van der Waals surface area contributed by atoms with Gasteiger partial charge in [0.25, 0.3) is 5.91 Å². The molecule has 2 N–H and O–H groups in total. The highest BCUT2D eigenvalue weighted by Crippen LogP contribution is 2.22. The zero-order valence-corrected chi connectivity index (χ0v) is 15.7. The number of hydrogen-bond acceptors (Lipinski definition) is 6. The molecule has 2 heterocycles. The number of carbonyl (C=O) groups excluding carboxylic acids is 1. The minimum Gasteiger partial charge on any atom is -0.494 e. The molecule has 0 bridgehead atoms. The molecule has 144 valence electrons. The number of rotatable bonds is 6. The van der Waals surface area contributed by atoms with Crippen molar-refractivity contribution in [3.63, 3.8) is 0 Å².